The van der Waals surface area contributed by atoms with E-state index in [9.17, 15) is 13.2 Å². The molecule has 2 aromatic heterocycles. The lowest BCUT2D eigenvalue weighted by Crippen LogP contribution is -2.09. The van der Waals surface area contributed by atoms with E-state index in [-0.39, 0.29) is 0 Å². The van der Waals surface area contributed by atoms with E-state index in [1.54, 1.807) is 24.0 Å². The van der Waals surface area contributed by atoms with E-state index in [1.165, 1.54) is 18.0 Å². The number of halogens is 3. The Kier molecular flexibility index (Phi) is 3.84. The molecule has 102 valence electrons. The summed E-state index contributed by atoms with van der Waals surface area (Å²) >= 11 is 1.44. The molecule has 3 nitrogen and oxygen atoms in total. The van der Waals surface area contributed by atoms with Crippen molar-refractivity contribution in [2.45, 2.75) is 18.0 Å². The molecule has 0 saturated carbocycles. The number of pyridine rings is 1. The van der Waals surface area contributed by atoms with Gasteiger partial charge in [0.25, 0.3) is 0 Å². The molecule has 0 aromatic carbocycles. The van der Waals surface area contributed by atoms with Crippen LogP contribution in [-0.2, 0) is 13.2 Å². The summed E-state index contributed by atoms with van der Waals surface area (Å²) in [5.74, 6) is 1.26. The number of thioether (sulfide) groups is 1. The lowest BCUT2D eigenvalue weighted by atomic mass is 10.2. The molecule has 0 atom stereocenters. The molecule has 0 radical (unpaired) electrons. The summed E-state index contributed by atoms with van der Waals surface area (Å²) in [6.45, 7) is 1.94. The molecule has 0 fully saturated rings. The molecule has 0 bridgehead atoms. The van der Waals surface area contributed by atoms with Crippen molar-refractivity contribution < 1.29 is 13.2 Å². The maximum atomic E-state index is 12.7. The molecule has 0 aliphatic heterocycles. The maximum Gasteiger partial charge on any atom is 0.433 e. The fourth-order valence-electron chi connectivity index (χ4n) is 1.67. The van der Waals surface area contributed by atoms with Crippen molar-refractivity contribution >= 4 is 11.8 Å². The van der Waals surface area contributed by atoms with Crippen LogP contribution in [0.3, 0.4) is 0 Å². The van der Waals surface area contributed by atoms with Crippen LogP contribution in [0.25, 0.3) is 11.4 Å². The molecule has 0 amide bonds. The Morgan fingerprint density at radius 1 is 1.32 bits per heavy atom. The zero-order valence-corrected chi connectivity index (χ0v) is 11.2. The predicted octanol–water partition coefficient (Wildman–Crippen LogP) is 3.61. The largest absolute Gasteiger partial charge is 0.433 e. The zero-order valence-electron chi connectivity index (χ0n) is 10.4. The average Bonchev–Trinajstić information content (AvgIpc) is 2.75. The Hall–Kier alpha value is -1.50. The van der Waals surface area contributed by atoms with Crippen LogP contribution >= 0.6 is 11.8 Å². The van der Waals surface area contributed by atoms with Gasteiger partial charge in [0, 0.05) is 36.1 Å². The molecular formula is C12H12F3N3S. The molecule has 2 rings (SSSR count). The molecule has 2 aromatic rings. The number of hydrogen-bond acceptors (Lipinski definition) is 3. The summed E-state index contributed by atoms with van der Waals surface area (Å²) in [6, 6.07) is 1.06. The third-order valence-electron chi connectivity index (χ3n) is 2.52. The first-order chi connectivity index (χ1) is 8.93. The van der Waals surface area contributed by atoms with Gasteiger partial charge in [0.1, 0.15) is 11.5 Å². The fourth-order valence-corrected chi connectivity index (χ4v) is 2.41. The van der Waals surface area contributed by atoms with Gasteiger partial charge in [-0.15, -0.1) is 11.8 Å². The summed E-state index contributed by atoms with van der Waals surface area (Å²) in [4.78, 5) is 8.29. The second-order valence-electron chi connectivity index (χ2n) is 3.86. The Bertz CT molecular complexity index is 578. The molecule has 7 heteroatoms. The lowest BCUT2D eigenvalue weighted by Gasteiger charge is -2.12. The standard InChI is InChI=1S/C12H12F3N3S/c1-3-19-9-7-17-10(12(13,14)15)6-8(9)11-16-4-5-18(11)2/h4-7H,3H2,1-2H3. The van der Waals surface area contributed by atoms with E-state index in [0.29, 0.717) is 16.3 Å². The van der Waals surface area contributed by atoms with E-state index in [4.69, 9.17) is 0 Å². The highest BCUT2D eigenvalue weighted by Gasteiger charge is 2.33. The highest BCUT2D eigenvalue weighted by atomic mass is 32.2. The SMILES string of the molecule is CCSc1cnc(C(F)(F)F)cc1-c1nccn1C. The Morgan fingerprint density at radius 2 is 2.05 bits per heavy atom. The molecular weight excluding hydrogens is 275 g/mol. The molecule has 0 saturated heterocycles. The maximum absolute atomic E-state index is 12.7. The molecule has 0 aliphatic carbocycles. The van der Waals surface area contributed by atoms with Crippen LogP contribution in [0.2, 0.25) is 0 Å². The minimum Gasteiger partial charge on any atom is -0.334 e. The van der Waals surface area contributed by atoms with Crippen molar-refractivity contribution in [1.29, 1.82) is 0 Å². The van der Waals surface area contributed by atoms with Crippen LogP contribution in [0.15, 0.2) is 29.6 Å². The minimum absolute atomic E-state index is 0.460. The zero-order chi connectivity index (χ0) is 14.0. The Morgan fingerprint density at radius 3 is 2.58 bits per heavy atom. The van der Waals surface area contributed by atoms with Crippen LogP contribution in [0, 0.1) is 0 Å². The van der Waals surface area contributed by atoms with Crippen molar-refractivity contribution in [2.75, 3.05) is 5.75 Å². The fraction of sp³-hybridized carbons (Fsp3) is 0.333. The van der Waals surface area contributed by atoms with E-state index >= 15 is 0 Å². The third kappa shape index (κ3) is 2.91. The first-order valence-corrected chi connectivity index (χ1v) is 6.59. The van der Waals surface area contributed by atoms with Crippen LogP contribution in [0.1, 0.15) is 12.6 Å². The lowest BCUT2D eigenvalue weighted by molar-refractivity contribution is -0.141. The number of aryl methyl sites for hydroxylation is 1. The van der Waals surface area contributed by atoms with Gasteiger partial charge in [-0.3, -0.25) is 4.98 Å². The molecule has 19 heavy (non-hydrogen) atoms. The molecule has 2 heterocycles. The molecule has 0 unspecified atom stereocenters. The molecule has 0 N–H and O–H groups in total. The molecule has 0 aliphatic rings. The predicted molar refractivity (Wildman–Crippen MR) is 67.8 cm³/mol. The van der Waals surface area contributed by atoms with Gasteiger partial charge < -0.3 is 4.57 Å². The van der Waals surface area contributed by atoms with Crippen LogP contribution in [-0.4, -0.2) is 20.3 Å². The van der Waals surface area contributed by atoms with Crippen LogP contribution in [0.5, 0.6) is 0 Å². The van der Waals surface area contributed by atoms with E-state index in [2.05, 4.69) is 9.97 Å². The van der Waals surface area contributed by atoms with E-state index < -0.39 is 11.9 Å². The van der Waals surface area contributed by atoms with Gasteiger partial charge >= 0.3 is 6.18 Å². The van der Waals surface area contributed by atoms with Gasteiger partial charge in [-0.1, -0.05) is 6.92 Å². The topological polar surface area (TPSA) is 30.7 Å². The number of nitrogens with zero attached hydrogens (tertiary/aromatic N) is 3. The molecule has 0 spiro atoms. The Balaban J connectivity index is 2.58. The first kappa shape index (κ1) is 13.9. The van der Waals surface area contributed by atoms with E-state index in [0.717, 1.165) is 11.8 Å². The average molecular weight is 287 g/mol. The van der Waals surface area contributed by atoms with Gasteiger partial charge in [0.05, 0.1) is 0 Å². The second kappa shape index (κ2) is 5.24. The first-order valence-electron chi connectivity index (χ1n) is 5.61. The number of alkyl halides is 3. The highest BCUT2D eigenvalue weighted by molar-refractivity contribution is 7.99. The smallest absolute Gasteiger partial charge is 0.334 e. The summed E-state index contributed by atoms with van der Waals surface area (Å²) in [5, 5.41) is 0. The van der Waals surface area contributed by atoms with Crippen molar-refractivity contribution in [2.24, 2.45) is 7.05 Å². The summed E-state index contributed by atoms with van der Waals surface area (Å²) < 4.78 is 39.9. The third-order valence-corrected chi connectivity index (χ3v) is 3.44. The van der Waals surface area contributed by atoms with Gasteiger partial charge in [-0.25, -0.2) is 4.98 Å². The monoisotopic (exact) mass is 287 g/mol. The highest BCUT2D eigenvalue weighted by Crippen LogP contribution is 2.35. The van der Waals surface area contributed by atoms with Gasteiger partial charge in [-0.05, 0) is 11.8 Å². The van der Waals surface area contributed by atoms with Crippen molar-refractivity contribution in [3.8, 4) is 11.4 Å². The number of imidazole rings is 1. The van der Waals surface area contributed by atoms with Gasteiger partial charge in [0.15, 0.2) is 0 Å². The van der Waals surface area contributed by atoms with Gasteiger partial charge in [-0.2, -0.15) is 13.2 Å². The van der Waals surface area contributed by atoms with Crippen molar-refractivity contribution in [3.63, 3.8) is 0 Å². The Labute approximate surface area is 112 Å². The number of hydrogen-bond donors (Lipinski definition) is 0. The van der Waals surface area contributed by atoms with Gasteiger partial charge in [0.2, 0.25) is 0 Å². The summed E-state index contributed by atoms with van der Waals surface area (Å²) in [5.41, 5.74) is -0.437. The van der Waals surface area contributed by atoms with Crippen LogP contribution in [0.4, 0.5) is 13.2 Å². The van der Waals surface area contributed by atoms with Crippen LogP contribution < -0.4 is 0 Å². The van der Waals surface area contributed by atoms with Crippen molar-refractivity contribution in [1.82, 2.24) is 14.5 Å². The normalized spacial score (nSPS) is 11.8. The summed E-state index contributed by atoms with van der Waals surface area (Å²) in [6.07, 6.45) is 0.0726. The number of aromatic nitrogens is 3. The number of rotatable bonds is 3. The summed E-state index contributed by atoms with van der Waals surface area (Å²) in [7, 11) is 1.75. The van der Waals surface area contributed by atoms with E-state index in [1.807, 2.05) is 6.92 Å². The quantitative estimate of drug-likeness (QED) is 0.808. The second-order valence-corrected chi connectivity index (χ2v) is 5.16. The van der Waals surface area contributed by atoms with Crippen molar-refractivity contribution in [3.05, 3.63) is 30.4 Å². The minimum atomic E-state index is -4.45.